The molecule has 0 bridgehead atoms. The first-order valence-electron chi connectivity index (χ1n) is 8.55. The Morgan fingerprint density at radius 3 is 2.64 bits per heavy atom. The van der Waals surface area contributed by atoms with Crippen LogP contribution < -0.4 is 5.32 Å². The number of carbonyl (C=O) groups is 1. The molecule has 0 aliphatic carbocycles. The quantitative estimate of drug-likeness (QED) is 0.487. The van der Waals surface area contributed by atoms with Crippen molar-refractivity contribution in [3.8, 4) is 6.07 Å². The van der Waals surface area contributed by atoms with Crippen molar-refractivity contribution in [3.05, 3.63) is 47.4 Å². The number of likely N-dealkylation sites (N-methyl/N-ethyl adjacent to an activating group) is 1. The summed E-state index contributed by atoms with van der Waals surface area (Å²) < 4.78 is 12.9. The van der Waals surface area contributed by atoms with Gasteiger partial charge in [0.25, 0.3) is 5.91 Å². The topological polar surface area (TPSA) is 59.4 Å². The molecule has 0 spiro atoms. The van der Waals surface area contributed by atoms with Gasteiger partial charge in [-0.05, 0) is 57.1 Å². The molecule has 2 rings (SSSR count). The van der Waals surface area contributed by atoms with Gasteiger partial charge in [0.1, 0.15) is 17.5 Å². The van der Waals surface area contributed by atoms with E-state index in [1.807, 2.05) is 6.07 Å². The average molecular weight is 344 g/mol. The molecule has 1 amide bonds. The Morgan fingerprint density at radius 2 is 2.04 bits per heavy atom. The smallest absolute Gasteiger partial charge is 0.265 e. The van der Waals surface area contributed by atoms with Gasteiger partial charge in [0, 0.05) is 25.8 Å². The fourth-order valence-corrected chi connectivity index (χ4v) is 2.92. The first-order chi connectivity index (χ1) is 12.0. The van der Waals surface area contributed by atoms with Crippen molar-refractivity contribution in [2.24, 2.45) is 0 Å². The van der Waals surface area contributed by atoms with Crippen LogP contribution in [0.15, 0.2) is 36.0 Å². The molecule has 0 saturated carbocycles. The third-order valence-electron chi connectivity index (χ3n) is 4.62. The van der Waals surface area contributed by atoms with E-state index < -0.39 is 0 Å². The van der Waals surface area contributed by atoms with E-state index in [1.54, 1.807) is 24.1 Å². The zero-order valence-corrected chi connectivity index (χ0v) is 14.8. The van der Waals surface area contributed by atoms with Crippen molar-refractivity contribution in [3.63, 3.8) is 0 Å². The molecule has 1 heterocycles. The Kier molecular flexibility index (Phi) is 6.96. The van der Waals surface area contributed by atoms with Crippen LogP contribution in [0.2, 0.25) is 0 Å². The van der Waals surface area contributed by atoms with Crippen molar-refractivity contribution in [1.82, 2.24) is 15.1 Å². The lowest BCUT2D eigenvalue weighted by Gasteiger charge is -2.34. The normalized spacial score (nSPS) is 16.3. The second-order valence-corrected chi connectivity index (χ2v) is 6.45. The number of amides is 1. The van der Waals surface area contributed by atoms with Gasteiger partial charge >= 0.3 is 0 Å². The van der Waals surface area contributed by atoms with E-state index in [-0.39, 0.29) is 23.3 Å². The number of likely N-dealkylation sites (tertiary alicyclic amines) is 1. The van der Waals surface area contributed by atoms with Crippen molar-refractivity contribution in [1.29, 1.82) is 5.26 Å². The van der Waals surface area contributed by atoms with Crippen LogP contribution >= 0.6 is 0 Å². The maximum Gasteiger partial charge on any atom is 0.265 e. The third-order valence-corrected chi connectivity index (χ3v) is 4.62. The number of nitriles is 1. The first kappa shape index (κ1) is 18.9. The minimum absolute atomic E-state index is 0.112. The van der Waals surface area contributed by atoms with Crippen LogP contribution in [0.4, 0.5) is 4.39 Å². The van der Waals surface area contributed by atoms with Crippen molar-refractivity contribution in [2.75, 3.05) is 33.7 Å². The van der Waals surface area contributed by atoms with E-state index in [2.05, 4.69) is 17.3 Å². The molecule has 1 aliphatic rings. The summed E-state index contributed by atoms with van der Waals surface area (Å²) in [5.41, 5.74) is 1.11. The summed E-state index contributed by atoms with van der Waals surface area (Å²) in [5, 5.41) is 12.3. The highest BCUT2D eigenvalue weighted by atomic mass is 19.1. The van der Waals surface area contributed by atoms with Crippen LogP contribution in [-0.2, 0) is 11.2 Å². The number of rotatable bonds is 6. The lowest BCUT2D eigenvalue weighted by Crippen LogP contribution is -2.45. The van der Waals surface area contributed by atoms with Crippen LogP contribution in [0, 0.1) is 17.1 Å². The van der Waals surface area contributed by atoms with Gasteiger partial charge in [-0.25, -0.2) is 4.39 Å². The molecule has 0 atom stereocenters. The molecule has 1 N–H and O–H groups in total. The molecule has 0 radical (unpaired) electrons. The fourth-order valence-electron chi connectivity index (χ4n) is 2.92. The third kappa shape index (κ3) is 5.57. The summed E-state index contributed by atoms with van der Waals surface area (Å²) in [6.07, 6.45) is 4.02. The molecule has 6 heteroatoms. The Labute approximate surface area is 148 Å². The number of nitrogens with zero attached hydrogens (tertiary/aromatic N) is 3. The van der Waals surface area contributed by atoms with E-state index >= 15 is 0 Å². The Bertz CT molecular complexity index is 642. The van der Waals surface area contributed by atoms with Gasteiger partial charge in [0.05, 0.1) is 0 Å². The van der Waals surface area contributed by atoms with E-state index in [1.165, 1.54) is 18.3 Å². The summed E-state index contributed by atoms with van der Waals surface area (Å²) in [6.45, 7) is 2.50. The van der Waals surface area contributed by atoms with Gasteiger partial charge in [0.15, 0.2) is 0 Å². The summed E-state index contributed by atoms with van der Waals surface area (Å²) in [5.74, 6) is -0.503. The van der Waals surface area contributed by atoms with Gasteiger partial charge < -0.3 is 15.1 Å². The van der Waals surface area contributed by atoms with Gasteiger partial charge in [-0.1, -0.05) is 12.1 Å². The number of hydrogen-bond acceptors (Lipinski definition) is 4. The largest absolute Gasteiger partial charge is 0.389 e. The van der Waals surface area contributed by atoms with E-state index in [0.29, 0.717) is 13.0 Å². The van der Waals surface area contributed by atoms with Crippen LogP contribution in [-0.4, -0.2) is 55.5 Å². The number of hydrogen-bond donors (Lipinski definition) is 1. The number of carbonyl (C=O) groups excluding carboxylic acids is 1. The number of halogens is 1. The molecule has 1 saturated heterocycles. The zero-order valence-electron chi connectivity index (χ0n) is 14.8. The summed E-state index contributed by atoms with van der Waals surface area (Å²) in [4.78, 5) is 16.4. The predicted molar refractivity (Wildman–Crippen MR) is 95.1 cm³/mol. The minimum atomic E-state index is -0.258. The van der Waals surface area contributed by atoms with Gasteiger partial charge in [0.2, 0.25) is 0 Å². The van der Waals surface area contributed by atoms with E-state index in [0.717, 1.165) is 31.5 Å². The molecule has 5 nitrogen and oxygen atoms in total. The molecule has 0 aromatic heterocycles. The monoisotopic (exact) mass is 344 g/mol. The second kappa shape index (κ2) is 9.19. The van der Waals surface area contributed by atoms with Crippen LogP contribution in [0.3, 0.4) is 0 Å². The lowest BCUT2D eigenvalue weighted by atomic mass is 10.0. The minimum Gasteiger partial charge on any atom is -0.389 e. The van der Waals surface area contributed by atoms with Crippen LogP contribution in [0.5, 0.6) is 0 Å². The Balaban J connectivity index is 1.85. The molecular formula is C19H25FN4O. The number of benzene rings is 1. The first-order valence-corrected chi connectivity index (χ1v) is 8.55. The van der Waals surface area contributed by atoms with E-state index in [9.17, 15) is 14.4 Å². The van der Waals surface area contributed by atoms with Crippen molar-refractivity contribution >= 4 is 5.91 Å². The van der Waals surface area contributed by atoms with Crippen LogP contribution in [0.1, 0.15) is 18.4 Å². The standard InChI is InChI=1S/C19H25FN4O/c1-23-11-8-18(9-12-23)24(2)19(25)16(13-21)14-22-10-7-15-3-5-17(20)6-4-15/h3-6,14,18,22H,7-12H2,1-2H3/b16-14-. The lowest BCUT2D eigenvalue weighted by molar-refractivity contribution is -0.128. The highest BCUT2D eigenvalue weighted by molar-refractivity contribution is 5.97. The highest BCUT2D eigenvalue weighted by Gasteiger charge is 2.25. The summed E-state index contributed by atoms with van der Waals surface area (Å²) in [7, 11) is 3.84. The highest BCUT2D eigenvalue weighted by Crippen LogP contribution is 2.16. The molecular weight excluding hydrogens is 319 g/mol. The maximum absolute atomic E-state index is 12.9. The van der Waals surface area contributed by atoms with Crippen molar-refractivity contribution in [2.45, 2.75) is 25.3 Å². The van der Waals surface area contributed by atoms with Gasteiger partial charge in [-0.15, -0.1) is 0 Å². The molecule has 134 valence electrons. The fraction of sp³-hybridized carbons (Fsp3) is 0.474. The van der Waals surface area contributed by atoms with Gasteiger partial charge in [-0.2, -0.15) is 5.26 Å². The zero-order chi connectivity index (χ0) is 18.2. The molecule has 0 unspecified atom stereocenters. The Morgan fingerprint density at radius 1 is 1.40 bits per heavy atom. The molecule has 1 aliphatic heterocycles. The summed E-state index contributed by atoms with van der Waals surface area (Å²) in [6, 6.07) is 8.46. The van der Waals surface area contributed by atoms with E-state index in [4.69, 9.17) is 0 Å². The second-order valence-electron chi connectivity index (χ2n) is 6.45. The number of piperidine rings is 1. The van der Waals surface area contributed by atoms with Crippen LogP contribution in [0.25, 0.3) is 0 Å². The molecule has 25 heavy (non-hydrogen) atoms. The maximum atomic E-state index is 12.9. The Hall–Kier alpha value is -2.39. The molecule has 1 aromatic rings. The molecule has 1 aromatic carbocycles. The summed E-state index contributed by atoms with van der Waals surface area (Å²) >= 11 is 0. The van der Waals surface area contributed by atoms with Gasteiger partial charge in [-0.3, -0.25) is 4.79 Å². The average Bonchev–Trinajstić information content (AvgIpc) is 2.63. The SMILES string of the molecule is CN1CCC(N(C)C(=O)/C(C#N)=C\NCCc2ccc(F)cc2)CC1. The predicted octanol–water partition coefficient (Wildman–Crippen LogP) is 1.92. The number of nitrogens with one attached hydrogen (secondary N) is 1. The van der Waals surface area contributed by atoms with Crippen molar-refractivity contribution < 1.29 is 9.18 Å². The molecule has 1 fully saturated rings.